The van der Waals surface area contributed by atoms with Crippen LogP contribution in [0.3, 0.4) is 0 Å². The van der Waals surface area contributed by atoms with Gasteiger partial charge in [-0.05, 0) is 23.3 Å². The van der Waals surface area contributed by atoms with Crippen LogP contribution in [0.1, 0.15) is 17.2 Å². The fraction of sp³-hybridized carbons (Fsp3) is 0.222. The first-order valence-corrected chi connectivity index (χ1v) is 3.94. The lowest BCUT2D eigenvalue weighted by molar-refractivity contribution is -0.138. The van der Waals surface area contributed by atoms with Crippen LogP contribution < -0.4 is 5.73 Å². The Labute approximate surface area is 79.8 Å². The molecule has 0 aromatic heterocycles. The minimum absolute atomic E-state index is 0.194. The number of aliphatic hydroxyl groups excluding tert-OH is 1. The molecule has 5 heteroatoms. The zero-order chi connectivity index (χ0) is 10.7. The Hall–Kier alpha value is -1.46. The van der Waals surface area contributed by atoms with Gasteiger partial charge in [-0.1, -0.05) is 6.07 Å². The first-order valence-electron chi connectivity index (χ1n) is 3.94. The summed E-state index contributed by atoms with van der Waals surface area (Å²) >= 11 is 0. The Kier molecular flexibility index (Phi) is 3.16. The van der Waals surface area contributed by atoms with E-state index in [4.69, 9.17) is 15.9 Å². The molecule has 0 amide bonds. The third-order valence-corrected chi connectivity index (χ3v) is 1.88. The first-order chi connectivity index (χ1) is 6.56. The number of hydrogen-bond donors (Lipinski definition) is 3. The monoisotopic (exact) mass is 199 g/mol. The van der Waals surface area contributed by atoms with E-state index in [9.17, 15) is 9.18 Å². The van der Waals surface area contributed by atoms with Gasteiger partial charge in [0.1, 0.15) is 11.9 Å². The lowest BCUT2D eigenvalue weighted by atomic mass is 10.0. The normalized spacial score (nSPS) is 12.5. The van der Waals surface area contributed by atoms with Gasteiger partial charge in [-0.25, -0.2) is 4.39 Å². The molecule has 0 radical (unpaired) electrons. The number of benzene rings is 1. The summed E-state index contributed by atoms with van der Waals surface area (Å²) in [5.41, 5.74) is 5.75. The van der Waals surface area contributed by atoms with E-state index < -0.39 is 24.4 Å². The molecule has 0 unspecified atom stereocenters. The van der Waals surface area contributed by atoms with Gasteiger partial charge < -0.3 is 15.9 Å². The largest absolute Gasteiger partial charge is 0.480 e. The number of carboxylic acid groups (broad SMARTS) is 1. The lowest BCUT2D eigenvalue weighted by Gasteiger charge is -2.11. The molecule has 0 aliphatic rings. The Bertz CT molecular complexity index is 354. The number of aliphatic hydroxyl groups is 1. The second kappa shape index (κ2) is 4.17. The van der Waals surface area contributed by atoms with E-state index in [0.717, 1.165) is 12.1 Å². The van der Waals surface area contributed by atoms with E-state index in [-0.39, 0.29) is 11.1 Å². The summed E-state index contributed by atoms with van der Waals surface area (Å²) in [7, 11) is 0. The Morgan fingerprint density at radius 2 is 2.21 bits per heavy atom. The van der Waals surface area contributed by atoms with Crippen molar-refractivity contribution < 1.29 is 19.4 Å². The SMILES string of the molecule is N[C@H](C(=O)O)c1ccc(F)cc1CO. The van der Waals surface area contributed by atoms with E-state index in [2.05, 4.69) is 0 Å². The molecule has 4 nitrogen and oxygen atoms in total. The Morgan fingerprint density at radius 1 is 1.57 bits per heavy atom. The average molecular weight is 199 g/mol. The summed E-state index contributed by atoms with van der Waals surface area (Å²) < 4.78 is 12.7. The molecular weight excluding hydrogens is 189 g/mol. The zero-order valence-corrected chi connectivity index (χ0v) is 7.27. The van der Waals surface area contributed by atoms with Crippen LogP contribution in [0.15, 0.2) is 18.2 Å². The molecule has 0 saturated heterocycles. The number of hydrogen-bond acceptors (Lipinski definition) is 3. The standard InChI is InChI=1S/C9H10FNO3/c10-6-1-2-7(5(3-6)4-12)8(11)9(13)14/h1-3,8,12H,4,11H2,(H,13,14)/t8-/m0/s1. The van der Waals surface area contributed by atoms with Gasteiger partial charge in [-0.3, -0.25) is 4.79 Å². The Morgan fingerprint density at radius 3 is 2.71 bits per heavy atom. The van der Waals surface area contributed by atoms with Crippen LogP contribution in [0.4, 0.5) is 4.39 Å². The number of carboxylic acids is 1. The quantitative estimate of drug-likeness (QED) is 0.658. The van der Waals surface area contributed by atoms with Gasteiger partial charge >= 0.3 is 5.97 Å². The van der Waals surface area contributed by atoms with E-state index in [0.29, 0.717) is 0 Å². The predicted molar refractivity (Wildman–Crippen MR) is 46.9 cm³/mol. The van der Waals surface area contributed by atoms with Crippen LogP contribution in [0.5, 0.6) is 0 Å². The van der Waals surface area contributed by atoms with E-state index in [1.807, 2.05) is 0 Å². The highest BCUT2D eigenvalue weighted by Gasteiger charge is 2.17. The van der Waals surface area contributed by atoms with Gasteiger partial charge in [0, 0.05) is 0 Å². The van der Waals surface area contributed by atoms with Crippen LogP contribution in [0.2, 0.25) is 0 Å². The number of rotatable bonds is 3. The third-order valence-electron chi connectivity index (χ3n) is 1.88. The smallest absolute Gasteiger partial charge is 0.325 e. The lowest BCUT2D eigenvalue weighted by Crippen LogP contribution is -2.22. The highest BCUT2D eigenvalue weighted by Crippen LogP contribution is 2.17. The highest BCUT2D eigenvalue weighted by atomic mass is 19.1. The van der Waals surface area contributed by atoms with Gasteiger partial charge in [-0.2, -0.15) is 0 Å². The van der Waals surface area contributed by atoms with E-state index >= 15 is 0 Å². The molecule has 76 valence electrons. The average Bonchev–Trinajstić information content (AvgIpc) is 2.16. The van der Waals surface area contributed by atoms with Crippen LogP contribution >= 0.6 is 0 Å². The predicted octanol–water partition coefficient (Wildman–Crippen LogP) is 0.402. The van der Waals surface area contributed by atoms with Gasteiger partial charge in [0.15, 0.2) is 0 Å². The molecule has 0 heterocycles. The summed E-state index contributed by atoms with van der Waals surface area (Å²) in [5.74, 6) is -1.75. The topological polar surface area (TPSA) is 83.6 Å². The maximum Gasteiger partial charge on any atom is 0.325 e. The number of halogens is 1. The molecule has 0 bridgehead atoms. The Balaban J connectivity index is 3.13. The van der Waals surface area contributed by atoms with Crippen molar-refractivity contribution >= 4 is 5.97 Å². The van der Waals surface area contributed by atoms with Crippen molar-refractivity contribution in [2.24, 2.45) is 5.73 Å². The van der Waals surface area contributed by atoms with Gasteiger partial charge in [0.05, 0.1) is 6.61 Å². The number of carbonyl (C=O) groups is 1. The molecular formula is C9H10FNO3. The van der Waals surface area contributed by atoms with E-state index in [1.165, 1.54) is 6.07 Å². The van der Waals surface area contributed by atoms with Gasteiger partial charge in [0.25, 0.3) is 0 Å². The zero-order valence-electron chi connectivity index (χ0n) is 7.27. The van der Waals surface area contributed by atoms with Crippen molar-refractivity contribution in [2.45, 2.75) is 12.6 Å². The van der Waals surface area contributed by atoms with Crippen molar-refractivity contribution in [1.29, 1.82) is 0 Å². The van der Waals surface area contributed by atoms with Gasteiger partial charge in [-0.15, -0.1) is 0 Å². The second-order valence-electron chi connectivity index (χ2n) is 2.82. The molecule has 14 heavy (non-hydrogen) atoms. The van der Waals surface area contributed by atoms with Crippen molar-refractivity contribution in [3.8, 4) is 0 Å². The maximum atomic E-state index is 12.7. The van der Waals surface area contributed by atoms with Crippen LogP contribution in [0.25, 0.3) is 0 Å². The molecule has 1 rings (SSSR count). The summed E-state index contributed by atoms with van der Waals surface area (Å²) in [6.07, 6.45) is 0. The second-order valence-corrected chi connectivity index (χ2v) is 2.82. The number of aliphatic carboxylic acids is 1. The first kappa shape index (κ1) is 10.6. The molecule has 0 aliphatic heterocycles. The molecule has 0 saturated carbocycles. The summed E-state index contributed by atoms with van der Waals surface area (Å²) in [5, 5.41) is 17.5. The molecule has 0 fully saturated rings. The van der Waals surface area contributed by atoms with Crippen LogP contribution in [-0.2, 0) is 11.4 Å². The molecule has 4 N–H and O–H groups in total. The van der Waals surface area contributed by atoms with Gasteiger partial charge in [0.2, 0.25) is 0 Å². The van der Waals surface area contributed by atoms with Crippen molar-refractivity contribution in [2.75, 3.05) is 0 Å². The molecule has 0 aliphatic carbocycles. The van der Waals surface area contributed by atoms with Crippen molar-refractivity contribution in [3.63, 3.8) is 0 Å². The maximum absolute atomic E-state index is 12.7. The molecule has 1 aromatic rings. The van der Waals surface area contributed by atoms with Crippen LogP contribution in [-0.4, -0.2) is 16.2 Å². The summed E-state index contributed by atoms with van der Waals surface area (Å²) in [4.78, 5) is 10.6. The van der Waals surface area contributed by atoms with E-state index in [1.54, 1.807) is 0 Å². The highest BCUT2D eigenvalue weighted by molar-refractivity contribution is 5.75. The molecule has 0 spiro atoms. The molecule has 1 atom stereocenters. The minimum atomic E-state index is -1.24. The summed E-state index contributed by atoms with van der Waals surface area (Å²) in [6.45, 7) is -0.436. The molecule has 1 aromatic carbocycles. The number of nitrogens with two attached hydrogens (primary N) is 1. The van der Waals surface area contributed by atoms with Crippen molar-refractivity contribution in [1.82, 2.24) is 0 Å². The summed E-state index contributed by atoms with van der Waals surface area (Å²) in [6, 6.07) is 2.20. The van der Waals surface area contributed by atoms with Crippen LogP contribution in [0, 0.1) is 5.82 Å². The fourth-order valence-corrected chi connectivity index (χ4v) is 1.15. The fourth-order valence-electron chi connectivity index (χ4n) is 1.15. The minimum Gasteiger partial charge on any atom is -0.480 e. The van der Waals surface area contributed by atoms with Crippen molar-refractivity contribution in [3.05, 3.63) is 35.1 Å². The third kappa shape index (κ3) is 2.07.